The Morgan fingerprint density at radius 3 is 2.73 bits per heavy atom. The van der Waals surface area contributed by atoms with Crippen LogP contribution in [0.3, 0.4) is 0 Å². The van der Waals surface area contributed by atoms with Crippen molar-refractivity contribution < 1.29 is 9.53 Å². The fraction of sp³-hybridized carbons (Fsp3) is 0.591. The van der Waals surface area contributed by atoms with Crippen LogP contribution in [0.5, 0.6) is 0 Å². The number of hydrogen-bond donors (Lipinski definition) is 0. The number of rotatable bonds is 5. The first-order valence-electron chi connectivity index (χ1n) is 10.7. The van der Waals surface area contributed by atoms with Crippen LogP contribution in [0.25, 0.3) is 10.2 Å². The number of allylic oxidation sites excluding steroid dienone is 1. The number of fused-ring (bicyclic) bond motifs is 3. The molecule has 0 aromatic carbocycles. The molecular formula is C22H29N3O3S2. The Morgan fingerprint density at radius 1 is 1.27 bits per heavy atom. The number of carbonyl (C=O) groups excluding carboxylic acids is 1. The molecule has 0 saturated carbocycles. The summed E-state index contributed by atoms with van der Waals surface area (Å²) in [6, 6.07) is 0. The summed E-state index contributed by atoms with van der Waals surface area (Å²) in [5.74, 6) is 0.322. The zero-order valence-corrected chi connectivity index (χ0v) is 19.3. The average molecular weight is 448 g/mol. The van der Waals surface area contributed by atoms with E-state index in [2.05, 4.69) is 6.58 Å². The van der Waals surface area contributed by atoms with Gasteiger partial charge in [0.25, 0.3) is 5.56 Å². The van der Waals surface area contributed by atoms with Gasteiger partial charge in [0.2, 0.25) is 5.91 Å². The van der Waals surface area contributed by atoms with Crippen molar-refractivity contribution in [2.75, 3.05) is 18.8 Å². The van der Waals surface area contributed by atoms with Crippen LogP contribution in [0, 0.1) is 0 Å². The van der Waals surface area contributed by atoms with E-state index in [1.165, 1.54) is 35.0 Å². The van der Waals surface area contributed by atoms with E-state index in [4.69, 9.17) is 9.72 Å². The number of amides is 1. The van der Waals surface area contributed by atoms with Gasteiger partial charge in [-0.3, -0.25) is 14.2 Å². The number of ether oxygens (including phenoxy) is 1. The van der Waals surface area contributed by atoms with Crippen molar-refractivity contribution in [1.82, 2.24) is 14.5 Å². The number of hydrogen-bond acceptors (Lipinski definition) is 6. The molecule has 8 heteroatoms. The second kappa shape index (κ2) is 9.24. The molecule has 2 aliphatic rings. The maximum Gasteiger partial charge on any atom is 0.263 e. The minimum atomic E-state index is 0.00265. The third-order valence-electron chi connectivity index (χ3n) is 5.70. The standard InChI is InChI=1S/C22H29N3O3S2/c1-4-10-25-21(27)19-16-8-6-5-7-9-17(16)30-20(19)23-22(25)29-13-18(26)24-11-14(2)28-15(3)12-24/h4,14-15H,1,5-13H2,2-3H3. The number of morpholine rings is 1. The number of aryl methyl sites for hydroxylation is 2. The van der Waals surface area contributed by atoms with E-state index in [0.29, 0.717) is 24.8 Å². The van der Waals surface area contributed by atoms with Crippen molar-refractivity contribution >= 4 is 39.2 Å². The Hall–Kier alpha value is -1.64. The number of thioether (sulfide) groups is 1. The van der Waals surface area contributed by atoms with Gasteiger partial charge in [0, 0.05) is 24.5 Å². The lowest BCUT2D eigenvalue weighted by atomic mass is 10.1. The monoisotopic (exact) mass is 447 g/mol. The molecule has 1 aliphatic heterocycles. The highest BCUT2D eigenvalue weighted by molar-refractivity contribution is 7.99. The smallest absolute Gasteiger partial charge is 0.263 e. The van der Waals surface area contributed by atoms with Gasteiger partial charge in [-0.1, -0.05) is 24.3 Å². The summed E-state index contributed by atoms with van der Waals surface area (Å²) in [6.07, 6.45) is 7.30. The van der Waals surface area contributed by atoms with Gasteiger partial charge in [-0.05, 0) is 45.1 Å². The molecule has 0 bridgehead atoms. The molecule has 0 radical (unpaired) electrons. The first-order chi connectivity index (χ1) is 14.5. The molecule has 1 amide bonds. The average Bonchev–Trinajstić information content (AvgIpc) is 2.89. The summed E-state index contributed by atoms with van der Waals surface area (Å²) >= 11 is 3.00. The zero-order valence-electron chi connectivity index (χ0n) is 17.7. The fourth-order valence-electron chi connectivity index (χ4n) is 4.40. The van der Waals surface area contributed by atoms with Crippen LogP contribution < -0.4 is 5.56 Å². The Morgan fingerprint density at radius 2 is 2.00 bits per heavy atom. The highest BCUT2D eigenvalue weighted by Gasteiger charge is 2.27. The van der Waals surface area contributed by atoms with Gasteiger partial charge in [-0.2, -0.15) is 0 Å². The van der Waals surface area contributed by atoms with Gasteiger partial charge in [-0.15, -0.1) is 17.9 Å². The fourth-order valence-corrected chi connectivity index (χ4v) is 6.61. The van der Waals surface area contributed by atoms with E-state index >= 15 is 0 Å². The third kappa shape index (κ3) is 4.36. The van der Waals surface area contributed by atoms with Crippen molar-refractivity contribution in [1.29, 1.82) is 0 Å². The summed E-state index contributed by atoms with van der Waals surface area (Å²) in [7, 11) is 0. The number of carbonyl (C=O) groups is 1. The van der Waals surface area contributed by atoms with Crippen molar-refractivity contribution in [3.63, 3.8) is 0 Å². The highest BCUT2D eigenvalue weighted by atomic mass is 32.2. The van der Waals surface area contributed by atoms with E-state index < -0.39 is 0 Å². The molecular weight excluding hydrogens is 418 g/mol. The molecule has 2 aromatic heterocycles. The summed E-state index contributed by atoms with van der Waals surface area (Å²) in [4.78, 5) is 35.0. The molecule has 1 aliphatic carbocycles. The molecule has 2 atom stereocenters. The molecule has 1 saturated heterocycles. The third-order valence-corrected chi connectivity index (χ3v) is 7.85. The quantitative estimate of drug-likeness (QED) is 0.303. The Bertz CT molecular complexity index is 1000. The Balaban J connectivity index is 1.62. The molecule has 6 nitrogen and oxygen atoms in total. The summed E-state index contributed by atoms with van der Waals surface area (Å²) < 4.78 is 7.40. The normalized spacial score (nSPS) is 22.0. The topological polar surface area (TPSA) is 64.4 Å². The van der Waals surface area contributed by atoms with Gasteiger partial charge in [0.1, 0.15) is 4.83 Å². The predicted octanol–water partition coefficient (Wildman–Crippen LogP) is 3.64. The highest BCUT2D eigenvalue weighted by Crippen LogP contribution is 2.34. The van der Waals surface area contributed by atoms with Gasteiger partial charge >= 0.3 is 0 Å². The first-order valence-corrected chi connectivity index (χ1v) is 12.5. The lowest BCUT2D eigenvalue weighted by Crippen LogP contribution is -2.48. The van der Waals surface area contributed by atoms with E-state index in [0.717, 1.165) is 29.5 Å². The Labute approximate surface area is 185 Å². The number of thiophene rings is 1. The van der Waals surface area contributed by atoms with Crippen LogP contribution in [0.2, 0.25) is 0 Å². The summed E-state index contributed by atoms with van der Waals surface area (Å²) in [6.45, 7) is 9.39. The molecule has 3 heterocycles. The molecule has 0 spiro atoms. The molecule has 2 unspecified atom stereocenters. The number of aromatic nitrogens is 2. The van der Waals surface area contributed by atoms with Crippen molar-refractivity contribution in [3.05, 3.63) is 33.4 Å². The second-order valence-electron chi connectivity index (χ2n) is 8.19. The summed E-state index contributed by atoms with van der Waals surface area (Å²) in [5.41, 5.74) is 1.20. The Kier molecular flexibility index (Phi) is 6.65. The van der Waals surface area contributed by atoms with Crippen LogP contribution in [0.15, 0.2) is 22.6 Å². The maximum atomic E-state index is 13.4. The number of nitrogens with zero attached hydrogens (tertiary/aromatic N) is 3. The lowest BCUT2D eigenvalue weighted by Gasteiger charge is -2.35. The second-order valence-corrected chi connectivity index (χ2v) is 10.2. The van der Waals surface area contributed by atoms with Crippen LogP contribution in [-0.2, 0) is 28.9 Å². The van der Waals surface area contributed by atoms with Crippen molar-refractivity contribution in [2.45, 2.75) is 69.9 Å². The summed E-state index contributed by atoms with van der Waals surface area (Å²) in [5, 5.41) is 1.39. The molecule has 30 heavy (non-hydrogen) atoms. The van der Waals surface area contributed by atoms with Gasteiger partial charge in [0.15, 0.2) is 5.16 Å². The van der Waals surface area contributed by atoms with Gasteiger partial charge in [0.05, 0.1) is 23.3 Å². The molecule has 0 N–H and O–H groups in total. The van der Waals surface area contributed by atoms with Gasteiger partial charge < -0.3 is 9.64 Å². The lowest BCUT2D eigenvalue weighted by molar-refractivity contribution is -0.140. The van der Waals surface area contributed by atoms with Gasteiger partial charge in [-0.25, -0.2) is 4.98 Å². The van der Waals surface area contributed by atoms with Crippen LogP contribution in [0.4, 0.5) is 0 Å². The SMILES string of the molecule is C=CCn1c(SCC(=O)N2CC(C)OC(C)C2)nc2sc3c(c2c1=O)CCCCC3. The minimum Gasteiger partial charge on any atom is -0.372 e. The molecule has 162 valence electrons. The van der Waals surface area contributed by atoms with E-state index in [1.54, 1.807) is 22.0 Å². The first kappa shape index (κ1) is 21.6. The molecule has 1 fully saturated rings. The van der Waals surface area contributed by atoms with E-state index in [1.807, 2.05) is 18.7 Å². The largest absolute Gasteiger partial charge is 0.372 e. The van der Waals surface area contributed by atoms with Crippen LogP contribution in [0.1, 0.15) is 43.6 Å². The minimum absolute atomic E-state index is 0.00265. The molecule has 4 rings (SSSR count). The van der Waals surface area contributed by atoms with Crippen LogP contribution >= 0.6 is 23.1 Å². The van der Waals surface area contributed by atoms with Crippen molar-refractivity contribution in [3.8, 4) is 0 Å². The van der Waals surface area contributed by atoms with Crippen molar-refractivity contribution in [2.24, 2.45) is 0 Å². The van der Waals surface area contributed by atoms with Crippen LogP contribution in [-0.4, -0.2) is 51.4 Å². The molecule has 2 aromatic rings. The maximum absolute atomic E-state index is 13.4. The predicted molar refractivity (Wildman–Crippen MR) is 123 cm³/mol. The van der Waals surface area contributed by atoms with E-state index in [9.17, 15) is 9.59 Å². The van der Waals surface area contributed by atoms with E-state index in [-0.39, 0.29) is 29.4 Å². The zero-order chi connectivity index (χ0) is 21.3.